The summed E-state index contributed by atoms with van der Waals surface area (Å²) in [7, 11) is 0. The first kappa shape index (κ1) is 38.5. The van der Waals surface area contributed by atoms with Crippen molar-refractivity contribution in [3.05, 3.63) is 254 Å². The first-order chi connectivity index (χ1) is 32.0. The lowest BCUT2D eigenvalue weighted by atomic mass is 9.81. The Morgan fingerprint density at radius 3 is 1.29 bits per heavy atom. The fourth-order valence-electron chi connectivity index (χ4n) is 10.3. The van der Waals surface area contributed by atoms with Crippen LogP contribution in [-0.4, -0.2) is 4.57 Å². The van der Waals surface area contributed by atoms with E-state index in [0.29, 0.717) is 0 Å². The summed E-state index contributed by atoms with van der Waals surface area (Å²) in [5, 5.41) is 2.53. The van der Waals surface area contributed by atoms with E-state index in [1.807, 2.05) is 0 Å². The highest BCUT2D eigenvalue weighted by atomic mass is 15.1. The fraction of sp³-hybridized carbons (Fsp3) is 0.0476. The molecule has 0 amide bonds. The Bertz CT molecular complexity index is 3470. The van der Waals surface area contributed by atoms with E-state index >= 15 is 0 Å². The van der Waals surface area contributed by atoms with Gasteiger partial charge < -0.3 is 9.47 Å². The highest BCUT2D eigenvalue weighted by molar-refractivity contribution is 6.09. The van der Waals surface area contributed by atoms with Crippen molar-refractivity contribution in [1.82, 2.24) is 4.57 Å². The van der Waals surface area contributed by atoms with Crippen molar-refractivity contribution in [2.45, 2.75) is 19.3 Å². The Balaban J connectivity index is 0.869. The number of fused-ring (bicyclic) bond motifs is 6. The number of hydrogen-bond donors (Lipinski definition) is 0. The molecule has 10 aromatic carbocycles. The van der Waals surface area contributed by atoms with Gasteiger partial charge in [0.05, 0.1) is 16.7 Å². The second kappa shape index (κ2) is 15.6. The highest BCUT2D eigenvalue weighted by Gasteiger charge is 2.35. The molecule has 1 aliphatic carbocycles. The summed E-state index contributed by atoms with van der Waals surface area (Å²) < 4.78 is 2.41. The summed E-state index contributed by atoms with van der Waals surface area (Å²) in [6, 6.07) is 88.6. The van der Waals surface area contributed by atoms with Gasteiger partial charge in [0.25, 0.3) is 0 Å². The zero-order valence-electron chi connectivity index (χ0n) is 36.5. The van der Waals surface area contributed by atoms with Crippen LogP contribution in [0.4, 0.5) is 17.1 Å². The lowest BCUT2D eigenvalue weighted by molar-refractivity contribution is 0.660. The lowest BCUT2D eigenvalue weighted by Gasteiger charge is -2.26. The molecule has 2 nitrogen and oxygen atoms in total. The van der Waals surface area contributed by atoms with Crippen LogP contribution < -0.4 is 4.90 Å². The molecule has 65 heavy (non-hydrogen) atoms. The maximum absolute atomic E-state index is 2.41. The van der Waals surface area contributed by atoms with Crippen molar-refractivity contribution in [2.24, 2.45) is 0 Å². The maximum Gasteiger partial charge on any atom is 0.0541 e. The number of benzene rings is 10. The maximum atomic E-state index is 2.41. The summed E-state index contributed by atoms with van der Waals surface area (Å²) in [5.74, 6) is 0. The van der Waals surface area contributed by atoms with Gasteiger partial charge >= 0.3 is 0 Å². The Morgan fingerprint density at radius 1 is 0.308 bits per heavy atom. The molecule has 0 N–H and O–H groups in total. The van der Waals surface area contributed by atoms with Gasteiger partial charge in [-0.15, -0.1) is 0 Å². The zero-order chi connectivity index (χ0) is 43.5. The van der Waals surface area contributed by atoms with Crippen LogP contribution in [0.2, 0.25) is 0 Å². The predicted molar refractivity (Wildman–Crippen MR) is 275 cm³/mol. The van der Waals surface area contributed by atoms with Crippen molar-refractivity contribution in [2.75, 3.05) is 4.90 Å². The van der Waals surface area contributed by atoms with Gasteiger partial charge in [-0.3, -0.25) is 0 Å². The van der Waals surface area contributed by atoms with Gasteiger partial charge in [-0.25, -0.2) is 0 Å². The van der Waals surface area contributed by atoms with Crippen LogP contribution in [0.15, 0.2) is 243 Å². The molecule has 11 aromatic rings. The number of para-hydroxylation sites is 3. The smallest absolute Gasteiger partial charge is 0.0541 e. The third-order valence-corrected chi connectivity index (χ3v) is 13.7. The number of aromatic nitrogens is 1. The van der Waals surface area contributed by atoms with Crippen LogP contribution in [-0.2, 0) is 5.41 Å². The van der Waals surface area contributed by atoms with Gasteiger partial charge in [-0.2, -0.15) is 0 Å². The zero-order valence-corrected chi connectivity index (χ0v) is 36.5. The van der Waals surface area contributed by atoms with E-state index in [0.717, 1.165) is 17.1 Å². The average Bonchev–Trinajstić information content (AvgIpc) is 3.83. The molecule has 12 rings (SSSR count). The molecule has 0 radical (unpaired) electrons. The van der Waals surface area contributed by atoms with E-state index in [1.165, 1.54) is 94.3 Å². The molecule has 0 atom stereocenters. The van der Waals surface area contributed by atoms with Gasteiger partial charge in [0, 0.05) is 38.8 Å². The second-order valence-corrected chi connectivity index (χ2v) is 17.7. The minimum Gasteiger partial charge on any atom is -0.311 e. The fourth-order valence-corrected chi connectivity index (χ4v) is 10.3. The lowest BCUT2D eigenvalue weighted by Crippen LogP contribution is -2.14. The topological polar surface area (TPSA) is 8.17 Å². The minimum absolute atomic E-state index is 0.0430. The van der Waals surface area contributed by atoms with Gasteiger partial charge in [-0.05, 0) is 122 Å². The molecule has 0 unspecified atom stereocenters. The van der Waals surface area contributed by atoms with Crippen molar-refractivity contribution in [1.29, 1.82) is 0 Å². The van der Waals surface area contributed by atoms with E-state index in [2.05, 4.69) is 266 Å². The molecule has 308 valence electrons. The molecule has 1 aliphatic rings. The van der Waals surface area contributed by atoms with E-state index in [1.54, 1.807) is 0 Å². The predicted octanol–water partition coefficient (Wildman–Crippen LogP) is 17.2. The van der Waals surface area contributed by atoms with Gasteiger partial charge in [-0.1, -0.05) is 196 Å². The van der Waals surface area contributed by atoms with Crippen molar-refractivity contribution in [3.63, 3.8) is 0 Å². The highest BCUT2D eigenvalue weighted by Crippen LogP contribution is 2.50. The third kappa shape index (κ3) is 6.57. The Labute approximate surface area is 381 Å². The minimum atomic E-state index is -0.0430. The van der Waals surface area contributed by atoms with Crippen molar-refractivity contribution >= 4 is 38.9 Å². The summed E-state index contributed by atoms with van der Waals surface area (Å²) >= 11 is 0. The monoisotopic (exact) mass is 830 g/mol. The molecular formula is C63H46N2. The van der Waals surface area contributed by atoms with E-state index in [-0.39, 0.29) is 5.41 Å². The van der Waals surface area contributed by atoms with Gasteiger partial charge in [0.1, 0.15) is 0 Å². The van der Waals surface area contributed by atoms with E-state index < -0.39 is 0 Å². The molecule has 1 heterocycles. The molecule has 0 saturated carbocycles. The van der Waals surface area contributed by atoms with Crippen LogP contribution in [0.5, 0.6) is 0 Å². The van der Waals surface area contributed by atoms with Crippen LogP contribution in [0.1, 0.15) is 25.0 Å². The molecule has 2 heteroatoms. The molecular weight excluding hydrogens is 785 g/mol. The standard InChI is InChI=1S/C63H46N2/c1-63(2)58-20-10-6-17-54(58)55-41-34-49(42-59(55)63)47-32-39-52(40-33-47)64(50-35-28-45(29-36-50)43-14-4-3-5-15-43)51-37-30-46(31-38-51)44-24-26-48(27-25-44)53-16-7-11-21-60(53)65-61-22-12-8-18-56(61)57-19-9-13-23-62(57)65/h3-42H,1-2H3. The summed E-state index contributed by atoms with van der Waals surface area (Å²) in [6.07, 6.45) is 0. The number of hydrogen-bond acceptors (Lipinski definition) is 1. The molecule has 1 aromatic heterocycles. The molecule has 0 saturated heterocycles. The molecule has 0 aliphatic heterocycles. The van der Waals surface area contributed by atoms with E-state index in [9.17, 15) is 0 Å². The SMILES string of the molecule is CC1(C)c2ccccc2-c2ccc(-c3ccc(N(c4ccc(-c5ccccc5)cc4)c4ccc(-c5ccc(-c6ccccc6-n6c7ccccc7c7ccccc76)cc5)cc4)cc3)cc21. The van der Waals surface area contributed by atoms with Gasteiger partial charge in [0.2, 0.25) is 0 Å². The summed E-state index contributed by atoms with van der Waals surface area (Å²) in [6.45, 7) is 4.69. The van der Waals surface area contributed by atoms with Gasteiger partial charge in [0.15, 0.2) is 0 Å². The van der Waals surface area contributed by atoms with Crippen LogP contribution in [0, 0.1) is 0 Å². The van der Waals surface area contributed by atoms with Crippen LogP contribution >= 0.6 is 0 Å². The van der Waals surface area contributed by atoms with E-state index in [4.69, 9.17) is 0 Å². The van der Waals surface area contributed by atoms with Crippen molar-refractivity contribution < 1.29 is 0 Å². The quantitative estimate of drug-likeness (QED) is 0.148. The molecule has 0 spiro atoms. The second-order valence-electron chi connectivity index (χ2n) is 17.7. The van der Waals surface area contributed by atoms with Crippen molar-refractivity contribution in [3.8, 4) is 61.3 Å². The number of nitrogens with zero attached hydrogens (tertiary/aromatic N) is 2. The third-order valence-electron chi connectivity index (χ3n) is 13.7. The normalized spacial score (nSPS) is 12.6. The first-order valence-corrected chi connectivity index (χ1v) is 22.6. The van der Waals surface area contributed by atoms with Crippen LogP contribution in [0.25, 0.3) is 83.1 Å². The average molecular weight is 831 g/mol. The molecule has 0 fully saturated rings. The number of rotatable bonds is 8. The van der Waals surface area contributed by atoms with Crippen LogP contribution in [0.3, 0.4) is 0 Å². The largest absolute Gasteiger partial charge is 0.311 e. The summed E-state index contributed by atoms with van der Waals surface area (Å²) in [4.78, 5) is 2.36. The molecule has 0 bridgehead atoms. The Morgan fingerprint density at radius 2 is 0.708 bits per heavy atom. The number of anilines is 3. The Hall–Kier alpha value is -8.20. The first-order valence-electron chi connectivity index (χ1n) is 22.6. The Kier molecular flexibility index (Phi) is 9.21. The summed E-state index contributed by atoms with van der Waals surface area (Å²) in [5.41, 5.74) is 21.9.